The molecule has 0 spiro atoms. The normalized spacial score (nSPS) is 14.2. The minimum atomic E-state index is -1.47. The molecule has 3 aromatic carbocycles. The van der Waals surface area contributed by atoms with Gasteiger partial charge in [-0.15, -0.1) is 0 Å². The van der Waals surface area contributed by atoms with E-state index in [0.717, 1.165) is 16.5 Å². The Labute approximate surface area is 489 Å². The molecule has 83 heavy (non-hydrogen) atoms. The van der Waals surface area contributed by atoms with Crippen LogP contribution in [0.4, 0.5) is 0 Å². The van der Waals surface area contributed by atoms with Crippen LogP contribution in [0.15, 0.2) is 91.1 Å². The Morgan fingerprint density at radius 1 is 0.530 bits per heavy atom. The molecule has 21 nitrogen and oxygen atoms in total. The van der Waals surface area contributed by atoms with Gasteiger partial charge in [0.15, 0.2) is 23.1 Å². The Bertz CT molecular complexity index is 2830. The number of fused-ring (bicyclic) bond motifs is 1. The van der Waals surface area contributed by atoms with Gasteiger partial charge in [0.2, 0.25) is 23.6 Å². The number of hydrogen-bond donors (Lipinski definition) is 11. The number of carbonyl (C=O) groups is 11. The van der Waals surface area contributed by atoms with E-state index in [1.54, 1.807) is 69.6 Å². The number of aliphatic carboxylic acids is 3. The summed E-state index contributed by atoms with van der Waals surface area (Å²) >= 11 is 4.41. The number of aromatic nitrogens is 1. The van der Waals surface area contributed by atoms with Crippen LogP contribution in [-0.2, 0) is 72.0 Å². The molecule has 0 saturated heterocycles. The smallest absolute Gasteiger partial charge is 0.326 e. The summed E-state index contributed by atoms with van der Waals surface area (Å²) in [5.41, 5.74) is 8.83. The molecule has 11 N–H and O–H groups in total. The summed E-state index contributed by atoms with van der Waals surface area (Å²) in [7, 11) is 1.66. The number of rotatable bonds is 41. The van der Waals surface area contributed by atoms with Crippen molar-refractivity contribution in [1.29, 1.82) is 0 Å². The second-order valence-electron chi connectivity index (χ2n) is 21.5. The molecule has 450 valence electrons. The fourth-order valence-corrected chi connectivity index (χ4v) is 10.2. The predicted molar refractivity (Wildman–Crippen MR) is 314 cm³/mol. The van der Waals surface area contributed by atoms with Crippen molar-refractivity contribution in [3.8, 4) is 0 Å². The highest BCUT2D eigenvalue weighted by molar-refractivity contribution is 7.80. The molecule has 0 aliphatic rings. The standard InChI is InChI=1S/C61H81N7O14S/c1-37(2)28-41(59(79)66-46(21-25-56(74)75)51(69)23-24-55(73)65-50(61(81)82)31-42-35-64-45-20-11-10-19-44(42)45)33-52(70)47(22-26-57(76)77)67-58(78)40(18-12-13-27-62)32-54(72)49(30-39-16-8-5-9-17-39)68-60(80)43(36-83)34-53(71)48(63-3)29-38-14-6-4-7-15-38/h4-11,14-17,19-20,35,37,40-41,43,46-50,63-64,83H,12-13,18,21-34,36,62H2,1-3H3,(H,65,73)(H,66,79)(H,67,78)(H,68,80)(H,74,75)(H,76,77)(H,81,82). The van der Waals surface area contributed by atoms with Crippen LogP contribution in [0.1, 0.15) is 114 Å². The summed E-state index contributed by atoms with van der Waals surface area (Å²) in [4.78, 5) is 151. The lowest BCUT2D eigenvalue weighted by molar-refractivity contribution is -0.142. The van der Waals surface area contributed by atoms with Crippen LogP contribution in [0.5, 0.6) is 0 Å². The Hall–Kier alpha value is -7.56. The molecule has 0 saturated carbocycles. The molecule has 0 aliphatic heterocycles. The zero-order chi connectivity index (χ0) is 61.0. The van der Waals surface area contributed by atoms with E-state index in [1.165, 1.54) is 0 Å². The van der Waals surface area contributed by atoms with Crippen molar-refractivity contribution < 1.29 is 68.1 Å². The molecule has 0 fully saturated rings. The van der Waals surface area contributed by atoms with Crippen molar-refractivity contribution >= 4 is 88.2 Å². The maximum Gasteiger partial charge on any atom is 0.326 e. The van der Waals surface area contributed by atoms with Crippen LogP contribution in [0.25, 0.3) is 10.9 Å². The molecule has 4 amide bonds. The van der Waals surface area contributed by atoms with Gasteiger partial charge in [0.25, 0.3) is 0 Å². The molecule has 8 unspecified atom stereocenters. The quantitative estimate of drug-likeness (QED) is 0.0212. The first kappa shape index (κ1) is 67.9. The van der Waals surface area contributed by atoms with E-state index < -0.39 is 152 Å². The average Bonchev–Trinajstić information content (AvgIpc) is 4.17. The Morgan fingerprint density at radius 2 is 1.02 bits per heavy atom. The summed E-state index contributed by atoms with van der Waals surface area (Å²) in [6.07, 6.45) is -1.10. The summed E-state index contributed by atoms with van der Waals surface area (Å²) in [6, 6.07) is 19.4. The summed E-state index contributed by atoms with van der Waals surface area (Å²) < 4.78 is 0. The maximum absolute atomic E-state index is 14.5. The number of ketones is 4. The summed E-state index contributed by atoms with van der Waals surface area (Å²) in [6.45, 7) is 3.80. The molecular weight excluding hydrogens is 1090 g/mol. The number of nitrogens with one attached hydrogen (secondary N) is 6. The second kappa shape index (κ2) is 35.4. The minimum absolute atomic E-state index is 0.0168. The molecule has 1 heterocycles. The maximum atomic E-state index is 14.5. The molecule has 8 atom stereocenters. The Balaban J connectivity index is 1.51. The molecule has 22 heteroatoms. The number of hydrogen-bond acceptors (Lipinski definition) is 14. The number of H-pyrrole nitrogens is 1. The number of benzene rings is 3. The van der Waals surface area contributed by atoms with Gasteiger partial charge in [-0.3, -0.25) is 47.9 Å². The molecule has 4 rings (SSSR count). The second-order valence-corrected chi connectivity index (χ2v) is 21.8. The van der Waals surface area contributed by atoms with Gasteiger partial charge in [-0.05, 0) is 87.2 Å². The lowest BCUT2D eigenvalue weighted by Gasteiger charge is -2.26. The number of carboxylic acids is 3. The summed E-state index contributed by atoms with van der Waals surface area (Å²) in [5, 5.41) is 43.5. The third kappa shape index (κ3) is 23.7. The van der Waals surface area contributed by atoms with Gasteiger partial charge in [-0.1, -0.05) is 99.1 Å². The van der Waals surface area contributed by atoms with Gasteiger partial charge in [0.1, 0.15) is 6.04 Å². The zero-order valence-corrected chi connectivity index (χ0v) is 48.3. The van der Waals surface area contributed by atoms with Crippen molar-refractivity contribution in [3.63, 3.8) is 0 Å². The van der Waals surface area contributed by atoms with Gasteiger partial charge in [-0.2, -0.15) is 12.6 Å². The van der Waals surface area contributed by atoms with Crippen molar-refractivity contribution in [2.75, 3.05) is 19.3 Å². The number of amides is 4. The zero-order valence-electron chi connectivity index (χ0n) is 47.4. The van der Waals surface area contributed by atoms with Crippen LogP contribution < -0.4 is 32.3 Å². The number of nitrogens with two attached hydrogens (primary N) is 1. The molecule has 0 radical (unpaired) electrons. The highest BCUT2D eigenvalue weighted by Crippen LogP contribution is 2.24. The summed E-state index contributed by atoms with van der Waals surface area (Å²) in [5.74, 6) is -12.5. The predicted octanol–water partition coefficient (Wildman–Crippen LogP) is 4.72. The number of carboxylic acid groups (broad SMARTS) is 3. The van der Waals surface area contributed by atoms with Crippen LogP contribution in [-0.4, -0.2) is 135 Å². The number of Topliss-reactive ketones (excluding diaryl/α,β-unsaturated/α-hetero) is 4. The largest absolute Gasteiger partial charge is 0.481 e. The molecular formula is C61H81N7O14S. The van der Waals surface area contributed by atoms with Crippen LogP contribution in [0.3, 0.4) is 0 Å². The third-order valence-electron chi connectivity index (χ3n) is 14.5. The highest BCUT2D eigenvalue weighted by Gasteiger charge is 2.35. The minimum Gasteiger partial charge on any atom is -0.481 e. The number of unbranched alkanes of at least 4 members (excludes halogenated alkanes) is 1. The van der Waals surface area contributed by atoms with E-state index >= 15 is 0 Å². The SMILES string of the molecule is CNC(Cc1ccccc1)C(=O)CC(CS)C(=O)NC(Cc1ccccc1)C(=O)CC(CCCCN)C(=O)NC(CCC(=O)O)C(=O)CC(CC(C)C)C(=O)NC(CCC(=O)O)C(=O)CCC(=O)NC(Cc1c[nH]c2ccccc12)C(=O)O. The van der Waals surface area contributed by atoms with Crippen molar-refractivity contribution in [2.24, 2.45) is 29.4 Å². The van der Waals surface area contributed by atoms with E-state index in [1.807, 2.05) is 42.5 Å². The average molecular weight is 1170 g/mol. The van der Waals surface area contributed by atoms with Crippen molar-refractivity contribution in [1.82, 2.24) is 31.6 Å². The molecule has 1 aromatic heterocycles. The first-order valence-corrected chi connectivity index (χ1v) is 28.8. The lowest BCUT2D eigenvalue weighted by Crippen LogP contribution is -2.49. The van der Waals surface area contributed by atoms with Gasteiger partial charge >= 0.3 is 17.9 Å². The third-order valence-corrected chi connectivity index (χ3v) is 14.9. The monoisotopic (exact) mass is 1170 g/mol. The number of carbonyl (C=O) groups excluding carboxylic acids is 8. The van der Waals surface area contributed by atoms with E-state index in [0.29, 0.717) is 30.4 Å². The fourth-order valence-electron chi connectivity index (χ4n) is 9.86. The van der Waals surface area contributed by atoms with Gasteiger partial charge in [-0.25, -0.2) is 4.79 Å². The lowest BCUT2D eigenvalue weighted by atomic mass is 9.87. The van der Waals surface area contributed by atoms with Gasteiger partial charge in [0, 0.05) is 86.1 Å². The van der Waals surface area contributed by atoms with Gasteiger partial charge < -0.3 is 52.6 Å². The van der Waals surface area contributed by atoms with Crippen LogP contribution in [0.2, 0.25) is 0 Å². The Morgan fingerprint density at radius 3 is 1.58 bits per heavy atom. The van der Waals surface area contributed by atoms with E-state index in [9.17, 15) is 68.1 Å². The number of likely N-dealkylation sites (N-methyl/N-ethyl adjacent to an activating group) is 1. The fraction of sp³-hybridized carbons (Fsp3) is 0.492. The number of aromatic amines is 1. The molecule has 4 aromatic rings. The van der Waals surface area contributed by atoms with Crippen LogP contribution >= 0.6 is 12.6 Å². The van der Waals surface area contributed by atoms with E-state index in [4.69, 9.17) is 5.73 Å². The van der Waals surface area contributed by atoms with E-state index in [-0.39, 0.29) is 62.5 Å². The number of para-hydroxylation sites is 1. The van der Waals surface area contributed by atoms with Gasteiger partial charge in [0.05, 0.1) is 30.1 Å². The topological polar surface area (TPSA) is 350 Å². The number of thiol groups is 1. The van der Waals surface area contributed by atoms with E-state index in [2.05, 4.69) is 44.2 Å². The molecule has 0 bridgehead atoms. The van der Waals surface area contributed by atoms with Crippen molar-refractivity contribution in [3.05, 3.63) is 108 Å². The highest BCUT2D eigenvalue weighted by atomic mass is 32.1. The van der Waals surface area contributed by atoms with Crippen LogP contribution in [0, 0.1) is 23.7 Å². The molecule has 0 aliphatic carbocycles. The first-order chi connectivity index (χ1) is 39.6. The first-order valence-electron chi connectivity index (χ1n) is 28.2. The van der Waals surface area contributed by atoms with Crippen molar-refractivity contribution in [2.45, 2.75) is 147 Å². The Kier molecular flexibility index (Phi) is 29.0.